The molecule has 1 aromatic rings. The van der Waals surface area contributed by atoms with E-state index in [1.54, 1.807) is 24.3 Å². The van der Waals surface area contributed by atoms with E-state index in [1.807, 2.05) is 0 Å². The zero-order valence-electron chi connectivity index (χ0n) is 12.7. The molecule has 0 aromatic heterocycles. The van der Waals surface area contributed by atoms with Crippen molar-refractivity contribution in [3.63, 3.8) is 0 Å². The number of carbonyl (C=O) groups is 2. The standard InChI is InChI=1S/C16H20ClNO5/c17-12-3-1-11(2-4-12)15(16(20)21)18-14(19)7-10-23-13-5-8-22-9-6-13/h1-4,13,15H,5-10H2,(H,18,19)(H,20,21). The number of amides is 1. The van der Waals surface area contributed by atoms with Crippen molar-refractivity contribution >= 4 is 23.5 Å². The number of hydrogen-bond acceptors (Lipinski definition) is 4. The van der Waals surface area contributed by atoms with Crippen LogP contribution < -0.4 is 5.32 Å². The molecule has 1 unspecified atom stereocenters. The van der Waals surface area contributed by atoms with Crippen LogP contribution in [0.1, 0.15) is 30.9 Å². The van der Waals surface area contributed by atoms with E-state index in [1.165, 1.54) is 0 Å². The van der Waals surface area contributed by atoms with Crippen molar-refractivity contribution < 1.29 is 24.2 Å². The number of nitrogens with one attached hydrogen (secondary N) is 1. The van der Waals surface area contributed by atoms with Crippen LogP contribution in [-0.4, -0.2) is 42.9 Å². The van der Waals surface area contributed by atoms with Gasteiger partial charge in [-0.15, -0.1) is 0 Å². The summed E-state index contributed by atoms with van der Waals surface area (Å²) >= 11 is 5.78. The van der Waals surface area contributed by atoms with Crippen LogP contribution in [0.2, 0.25) is 5.02 Å². The lowest BCUT2D eigenvalue weighted by molar-refractivity contribution is -0.142. The van der Waals surface area contributed by atoms with Gasteiger partial charge in [-0.2, -0.15) is 0 Å². The van der Waals surface area contributed by atoms with Gasteiger partial charge in [0.05, 0.1) is 19.1 Å². The molecule has 2 rings (SSSR count). The van der Waals surface area contributed by atoms with Crippen LogP contribution in [0.15, 0.2) is 24.3 Å². The third kappa shape index (κ3) is 5.82. The van der Waals surface area contributed by atoms with Crippen LogP contribution in [0, 0.1) is 0 Å². The number of ether oxygens (including phenoxy) is 2. The quantitative estimate of drug-likeness (QED) is 0.794. The van der Waals surface area contributed by atoms with E-state index in [0.29, 0.717) is 23.8 Å². The molecule has 0 spiro atoms. The van der Waals surface area contributed by atoms with Gasteiger partial charge in [0.2, 0.25) is 5.91 Å². The molecule has 1 heterocycles. The fraction of sp³-hybridized carbons (Fsp3) is 0.500. The maximum Gasteiger partial charge on any atom is 0.330 e. The molecule has 0 aliphatic carbocycles. The highest BCUT2D eigenvalue weighted by Crippen LogP contribution is 2.17. The first-order chi connectivity index (χ1) is 11.1. The molecule has 1 aliphatic rings. The van der Waals surface area contributed by atoms with E-state index in [2.05, 4.69) is 5.32 Å². The van der Waals surface area contributed by atoms with Crippen LogP contribution in [0.5, 0.6) is 0 Å². The predicted molar refractivity (Wildman–Crippen MR) is 84.4 cm³/mol. The average molecular weight is 342 g/mol. The first kappa shape index (κ1) is 17.7. The summed E-state index contributed by atoms with van der Waals surface area (Å²) in [5, 5.41) is 12.3. The topological polar surface area (TPSA) is 84.9 Å². The Morgan fingerprint density at radius 2 is 1.96 bits per heavy atom. The van der Waals surface area contributed by atoms with Crippen molar-refractivity contribution in [3.05, 3.63) is 34.9 Å². The molecule has 0 radical (unpaired) electrons. The van der Waals surface area contributed by atoms with Crippen LogP contribution >= 0.6 is 11.6 Å². The van der Waals surface area contributed by atoms with E-state index in [9.17, 15) is 14.7 Å². The van der Waals surface area contributed by atoms with E-state index < -0.39 is 12.0 Å². The molecule has 1 atom stereocenters. The van der Waals surface area contributed by atoms with Gasteiger partial charge in [0.1, 0.15) is 0 Å². The smallest absolute Gasteiger partial charge is 0.330 e. The zero-order chi connectivity index (χ0) is 16.7. The van der Waals surface area contributed by atoms with E-state index in [0.717, 1.165) is 12.8 Å². The Balaban J connectivity index is 1.81. The molecule has 1 amide bonds. The highest BCUT2D eigenvalue weighted by molar-refractivity contribution is 6.30. The number of benzene rings is 1. The van der Waals surface area contributed by atoms with Crippen molar-refractivity contribution in [2.45, 2.75) is 31.4 Å². The Kier molecular flexibility index (Phi) is 6.83. The molecule has 23 heavy (non-hydrogen) atoms. The van der Waals surface area contributed by atoms with E-state index in [4.69, 9.17) is 21.1 Å². The Labute approximate surface area is 139 Å². The lowest BCUT2D eigenvalue weighted by Crippen LogP contribution is -2.34. The molecule has 1 aromatic carbocycles. The summed E-state index contributed by atoms with van der Waals surface area (Å²) in [6, 6.07) is 5.25. The fourth-order valence-electron chi connectivity index (χ4n) is 2.34. The Hall–Kier alpha value is -1.63. The minimum Gasteiger partial charge on any atom is -0.479 e. The summed E-state index contributed by atoms with van der Waals surface area (Å²) in [5.41, 5.74) is 0.473. The van der Waals surface area contributed by atoms with Crippen LogP contribution in [-0.2, 0) is 19.1 Å². The van der Waals surface area contributed by atoms with Crippen molar-refractivity contribution in [1.29, 1.82) is 0 Å². The van der Waals surface area contributed by atoms with Gasteiger partial charge >= 0.3 is 5.97 Å². The summed E-state index contributed by atoms with van der Waals surface area (Å²) in [5.74, 6) is -1.48. The maximum absolute atomic E-state index is 11.9. The molecular formula is C16H20ClNO5. The van der Waals surface area contributed by atoms with Gasteiger partial charge in [0, 0.05) is 18.2 Å². The van der Waals surface area contributed by atoms with Gasteiger partial charge in [-0.3, -0.25) is 4.79 Å². The van der Waals surface area contributed by atoms with Crippen molar-refractivity contribution in [2.24, 2.45) is 0 Å². The Morgan fingerprint density at radius 3 is 2.57 bits per heavy atom. The minimum absolute atomic E-state index is 0.114. The van der Waals surface area contributed by atoms with Crippen LogP contribution in [0.3, 0.4) is 0 Å². The highest BCUT2D eigenvalue weighted by atomic mass is 35.5. The molecular weight excluding hydrogens is 322 g/mol. The third-order valence-corrected chi connectivity index (χ3v) is 3.86. The Bertz CT molecular complexity index is 528. The lowest BCUT2D eigenvalue weighted by atomic mass is 10.1. The second-order valence-corrected chi connectivity index (χ2v) is 5.76. The lowest BCUT2D eigenvalue weighted by Gasteiger charge is -2.22. The van der Waals surface area contributed by atoms with Gasteiger partial charge in [-0.25, -0.2) is 4.79 Å². The molecule has 126 valence electrons. The molecule has 6 nitrogen and oxygen atoms in total. The summed E-state index contributed by atoms with van der Waals surface area (Å²) in [6.45, 7) is 1.62. The minimum atomic E-state index is -1.12. The molecule has 0 saturated carbocycles. The number of carboxylic acids is 1. The second-order valence-electron chi connectivity index (χ2n) is 5.32. The number of carboxylic acid groups (broad SMARTS) is 1. The van der Waals surface area contributed by atoms with E-state index >= 15 is 0 Å². The average Bonchev–Trinajstić information content (AvgIpc) is 2.54. The molecule has 1 aliphatic heterocycles. The van der Waals surface area contributed by atoms with Gasteiger partial charge in [-0.05, 0) is 30.5 Å². The molecule has 2 N–H and O–H groups in total. The first-order valence-electron chi connectivity index (χ1n) is 7.53. The normalized spacial score (nSPS) is 16.7. The summed E-state index contributed by atoms with van der Waals surface area (Å²) in [6.07, 6.45) is 1.88. The summed E-state index contributed by atoms with van der Waals surface area (Å²) in [4.78, 5) is 23.3. The largest absolute Gasteiger partial charge is 0.479 e. The SMILES string of the molecule is O=C(CCOC1CCOCC1)NC(C(=O)O)c1ccc(Cl)cc1. The Morgan fingerprint density at radius 1 is 1.30 bits per heavy atom. The molecule has 7 heteroatoms. The van der Waals surface area contributed by atoms with Gasteiger partial charge in [-0.1, -0.05) is 23.7 Å². The third-order valence-electron chi connectivity index (χ3n) is 3.61. The van der Waals surface area contributed by atoms with Crippen LogP contribution in [0.4, 0.5) is 0 Å². The number of hydrogen-bond donors (Lipinski definition) is 2. The summed E-state index contributed by atoms with van der Waals surface area (Å²) < 4.78 is 10.8. The van der Waals surface area contributed by atoms with Crippen LogP contribution in [0.25, 0.3) is 0 Å². The number of rotatable bonds is 7. The predicted octanol–water partition coefficient (Wildman–Crippen LogP) is 2.17. The number of aliphatic carboxylic acids is 1. The maximum atomic E-state index is 11.9. The molecule has 0 bridgehead atoms. The monoisotopic (exact) mass is 341 g/mol. The second kappa shape index (κ2) is 8.86. The van der Waals surface area contributed by atoms with Gasteiger partial charge in [0.25, 0.3) is 0 Å². The first-order valence-corrected chi connectivity index (χ1v) is 7.91. The zero-order valence-corrected chi connectivity index (χ0v) is 13.4. The van der Waals surface area contributed by atoms with Gasteiger partial charge in [0.15, 0.2) is 6.04 Å². The molecule has 1 fully saturated rings. The number of carbonyl (C=O) groups excluding carboxylic acids is 1. The summed E-state index contributed by atoms with van der Waals surface area (Å²) in [7, 11) is 0. The molecule has 1 saturated heterocycles. The van der Waals surface area contributed by atoms with Crippen molar-refractivity contribution in [3.8, 4) is 0 Å². The van der Waals surface area contributed by atoms with Crippen molar-refractivity contribution in [2.75, 3.05) is 19.8 Å². The van der Waals surface area contributed by atoms with Gasteiger partial charge < -0.3 is 19.9 Å². The van der Waals surface area contributed by atoms with Crippen molar-refractivity contribution in [1.82, 2.24) is 5.32 Å². The van der Waals surface area contributed by atoms with E-state index in [-0.39, 0.29) is 25.0 Å². The highest BCUT2D eigenvalue weighted by Gasteiger charge is 2.22. The fourth-order valence-corrected chi connectivity index (χ4v) is 2.46. The number of halogens is 1.